The molecule has 0 saturated carbocycles. The number of phenols is 1. The Morgan fingerprint density at radius 3 is 1.77 bits per heavy atom. The van der Waals surface area contributed by atoms with Crippen LogP contribution < -0.4 is 44.6 Å². The number of carboxylic acids is 1. The molecule has 1 aromatic carbocycles. The molecule has 16 nitrogen and oxygen atoms in total. The molecule has 39 heavy (non-hydrogen) atoms. The van der Waals surface area contributed by atoms with Gasteiger partial charge in [0.1, 0.15) is 24.4 Å². The number of phenolic OH excluding ortho intramolecular Hbond substituents is 1. The number of amides is 3. The lowest BCUT2D eigenvalue weighted by atomic mass is 10.0. The van der Waals surface area contributed by atoms with Crippen molar-refractivity contribution in [3.63, 3.8) is 0 Å². The molecule has 1 aromatic rings. The Labute approximate surface area is 225 Å². The third kappa shape index (κ3) is 14.1. The highest BCUT2D eigenvalue weighted by Crippen LogP contribution is 2.11. The van der Waals surface area contributed by atoms with Crippen LogP contribution in [0.4, 0.5) is 0 Å². The fourth-order valence-corrected chi connectivity index (χ4v) is 3.36. The fourth-order valence-electron chi connectivity index (χ4n) is 3.36. The summed E-state index contributed by atoms with van der Waals surface area (Å²) >= 11 is 0. The van der Waals surface area contributed by atoms with Crippen LogP contribution >= 0.6 is 0 Å². The first-order valence-corrected chi connectivity index (χ1v) is 12.1. The number of guanidine groups is 2. The maximum atomic E-state index is 13.2. The van der Waals surface area contributed by atoms with Gasteiger partial charge < -0.3 is 54.8 Å². The number of carbonyl (C=O) groups excluding carboxylic acids is 3. The highest BCUT2D eigenvalue weighted by molar-refractivity contribution is 5.93. The minimum absolute atomic E-state index is 0.0644. The number of carboxylic acid groups (broad SMARTS) is 1. The second-order valence-electron chi connectivity index (χ2n) is 8.61. The highest BCUT2D eigenvalue weighted by atomic mass is 16.4. The van der Waals surface area contributed by atoms with Gasteiger partial charge in [0.05, 0.1) is 6.04 Å². The Hall–Kier alpha value is -4.60. The van der Waals surface area contributed by atoms with E-state index < -0.39 is 48.4 Å². The first-order valence-electron chi connectivity index (χ1n) is 12.1. The molecule has 0 unspecified atom stereocenters. The van der Waals surface area contributed by atoms with E-state index in [9.17, 15) is 24.3 Å². The number of aliphatic carboxylic acids is 1. The lowest BCUT2D eigenvalue weighted by Gasteiger charge is -2.24. The lowest BCUT2D eigenvalue weighted by Crippen LogP contribution is -2.56. The van der Waals surface area contributed by atoms with Gasteiger partial charge in [-0.2, -0.15) is 0 Å². The average Bonchev–Trinajstić information content (AvgIpc) is 2.86. The molecule has 0 aliphatic carbocycles. The van der Waals surface area contributed by atoms with Gasteiger partial charge in [-0.05, 0) is 49.8 Å². The molecule has 3 atom stereocenters. The Bertz CT molecular complexity index is 1020. The molecular weight excluding hydrogens is 512 g/mol. The van der Waals surface area contributed by atoms with Crippen LogP contribution in [-0.4, -0.2) is 83.6 Å². The van der Waals surface area contributed by atoms with Gasteiger partial charge in [0.25, 0.3) is 0 Å². The summed E-state index contributed by atoms with van der Waals surface area (Å²) in [6.07, 6.45) is 0.937. The van der Waals surface area contributed by atoms with E-state index in [0.717, 1.165) is 0 Å². The minimum Gasteiger partial charge on any atom is -0.508 e. The molecule has 1 rings (SSSR count). The Morgan fingerprint density at radius 1 is 0.795 bits per heavy atom. The molecule has 216 valence electrons. The number of hydrogen-bond acceptors (Lipinski definition) is 8. The number of nitrogens with one attached hydrogen (secondary N) is 3. The summed E-state index contributed by atoms with van der Waals surface area (Å²) in [5.74, 6) is -3.52. The predicted octanol–water partition coefficient (Wildman–Crippen LogP) is -3.46. The number of aromatic hydroxyl groups is 1. The Morgan fingerprint density at radius 2 is 1.28 bits per heavy atom. The van der Waals surface area contributed by atoms with Crippen LogP contribution in [0.15, 0.2) is 34.3 Å². The summed E-state index contributed by atoms with van der Waals surface area (Å²) in [4.78, 5) is 57.1. The number of nitrogens with zero attached hydrogens (tertiary/aromatic N) is 2. The van der Waals surface area contributed by atoms with E-state index in [-0.39, 0.29) is 50.0 Å². The molecule has 0 spiro atoms. The van der Waals surface area contributed by atoms with Gasteiger partial charge in [-0.3, -0.25) is 29.2 Å². The summed E-state index contributed by atoms with van der Waals surface area (Å²) < 4.78 is 0. The fraction of sp³-hybridized carbons (Fsp3) is 0.478. The Balaban J connectivity index is 2.97. The van der Waals surface area contributed by atoms with E-state index in [2.05, 4.69) is 25.9 Å². The van der Waals surface area contributed by atoms with Gasteiger partial charge in [0.15, 0.2) is 11.9 Å². The maximum Gasteiger partial charge on any atom is 0.322 e. The lowest BCUT2D eigenvalue weighted by molar-refractivity contribution is -0.138. The topological polar surface area (TPSA) is 300 Å². The molecule has 0 aliphatic heterocycles. The smallest absolute Gasteiger partial charge is 0.322 e. The normalized spacial score (nSPS) is 12.7. The van der Waals surface area contributed by atoms with Gasteiger partial charge in [0, 0.05) is 13.1 Å². The number of hydrogen-bond donors (Lipinski definition) is 10. The van der Waals surface area contributed by atoms with Crippen molar-refractivity contribution in [3.8, 4) is 5.75 Å². The molecular formula is C23H38N10O6. The molecule has 0 fully saturated rings. The number of nitrogens with two attached hydrogens (primary N) is 5. The zero-order chi connectivity index (χ0) is 29.4. The van der Waals surface area contributed by atoms with E-state index in [4.69, 9.17) is 33.8 Å². The molecule has 0 aliphatic rings. The summed E-state index contributed by atoms with van der Waals surface area (Å²) in [6.45, 7) is -0.293. The summed E-state index contributed by atoms with van der Waals surface area (Å²) in [7, 11) is 0. The third-order valence-corrected chi connectivity index (χ3v) is 5.30. The Kier molecular flexibility index (Phi) is 14.1. The number of aliphatic imine (C=N–C) groups is 2. The molecule has 3 amide bonds. The zero-order valence-corrected chi connectivity index (χ0v) is 21.5. The standard InChI is InChI=1S/C23H38N10O6/c24-15(11-13-5-7-14(34)8-6-13)19(37)32-17(4-2-10-30-23(27)28)21(39)33-16(3-1-9-29-22(25)26)20(38)31-12-18(35)36/h5-8,15-17,34H,1-4,9-12,24H2,(H,31,38)(H,32,37)(H,33,39)(H,35,36)(H4,25,26,29)(H4,27,28,30)/t15-,16-,17-/m0/s1. The van der Waals surface area contributed by atoms with Gasteiger partial charge in [-0.15, -0.1) is 0 Å². The van der Waals surface area contributed by atoms with Crippen molar-refractivity contribution in [2.75, 3.05) is 19.6 Å². The molecule has 16 heteroatoms. The average molecular weight is 551 g/mol. The van der Waals surface area contributed by atoms with Crippen molar-refractivity contribution in [2.45, 2.75) is 50.2 Å². The van der Waals surface area contributed by atoms with Crippen molar-refractivity contribution in [1.29, 1.82) is 0 Å². The van der Waals surface area contributed by atoms with Crippen LogP contribution in [0.25, 0.3) is 0 Å². The van der Waals surface area contributed by atoms with Gasteiger partial charge in [-0.1, -0.05) is 12.1 Å². The predicted molar refractivity (Wildman–Crippen MR) is 144 cm³/mol. The van der Waals surface area contributed by atoms with Gasteiger partial charge in [-0.25, -0.2) is 0 Å². The van der Waals surface area contributed by atoms with Crippen LogP contribution in [-0.2, 0) is 25.6 Å². The molecule has 0 radical (unpaired) electrons. The van der Waals surface area contributed by atoms with E-state index in [0.29, 0.717) is 18.4 Å². The van der Waals surface area contributed by atoms with Crippen LogP contribution in [0, 0.1) is 0 Å². The van der Waals surface area contributed by atoms with Crippen LogP contribution in [0.5, 0.6) is 5.75 Å². The van der Waals surface area contributed by atoms with Crippen molar-refractivity contribution < 1.29 is 29.4 Å². The molecule has 0 aromatic heterocycles. The zero-order valence-electron chi connectivity index (χ0n) is 21.5. The van der Waals surface area contributed by atoms with Gasteiger partial charge in [0.2, 0.25) is 17.7 Å². The van der Waals surface area contributed by atoms with E-state index >= 15 is 0 Å². The summed E-state index contributed by atoms with van der Waals surface area (Å²) in [5, 5.41) is 25.7. The van der Waals surface area contributed by atoms with E-state index in [1.807, 2.05) is 0 Å². The summed E-state index contributed by atoms with van der Waals surface area (Å²) in [6, 6.07) is 2.90. The molecule has 0 saturated heterocycles. The number of rotatable bonds is 17. The minimum atomic E-state index is -1.26. The third-order valence-electron chi connectivity index (χ3n) is 5.30. The monoisotopic (exact) mass is 550 g/mol. The molecule has 0 bridgehead atoms. The second kappa shape index (κ2) is 17.0. The quantitative estimate of drug-likeness (QED) is 0.0516. The first kappa shape index (κ1) is 32.4. The molecule has 15 N–H and O–H groups in total. The van der Waals surface area contributed by atoms with Crippen LogP contribution in [0.1, 0.15) is 31.2 Å². The van der Waals surface area contributed by atoms with Crippen molar-refractivity contribution >= 4 is 35.6 Å². The van der Waals surface area contributed by atoms with Crippen molar-refractivity contribution in [3.05, 3.63) is 29.8 Å². The number of carbonyl (C=O) groups is 4. The SMILES string of the molecule is NC(N)=NCCC[C@H](NC(=O)[C@H](CCCN=C(N)N)NC(=O)[C@@H](N)Cc1ccc(O)cc1)C(=O)NCC(=O)O. The number of benzene rings is 1. The van der Waals surface area contributed by atoms with E-state index in [1.54, 1.807) is 12.1 Å². The van der Waals surface area contributed by atoms with E-state index in [1.165, 1.54) is 12.1 Å². The van der Waals surface area contributed by atoms with Crippen LogP contribution in [0.2, 0.25) is 0 Å². The maximum absolute atomic E-state index is 13.2. The summed E-state index contributed by atoms with van der Waals surface area (Å²) in [5.41, 5.74) is 28.0. The highest BCUT2D eigenvalue weighted by Gasteiger charge is 2.28. The van der Waals surface area contributed by atoms with Crippen molar-refractivity contribution in [2.24, 2.45) is 38.7 Å². The van der Waals surface area contributed by atoms with Crippen LogP contribution in [0.3, 0.4) is 0 Å². The molecule has 0 heterocycles. The van der Waals surface area contributed by atoms with Gasteiger partial charge >= 0.3 is 5.97 Å². The second-order valence-corrected chi connectivity index (χ2v) is 8.61. The first-order chi connectivity index (χ1) is 18.4. The van der Waals surface area contributed by atoms with Crippen molar-refractivity contribution in [1.82, 2.24) is 16.0 Å². The largest absolute Gasteiger partial charge is 0.508 e.